The number of hydrogen-bond donors (Lipinski definition) is 2. The highest BCUT2D eigenvalue weighted by Gasteiger charge is 2.10. The van der Waals surface area contributed by atoms with Crippen LogP contribution in [0.25, 0.3) is 0 Å². The highest BCUT2D eigenvalue weighted by molar-refractivity contribution is 5.90. The molecule has 0 saturated heterocycles. The van der Waals surface area contributed by atoms with Crippen LogP contribution in [0.1, 0.15) is 17.4 Å². The molecule has 0 aliphatic carbocycles. The number of aromatic carboxylic acids is 1. The third-order valence-electron chi connectivity index (χ3n) is 2.41. The molecule has 8 nitrogen and oxygen atoms in total. The van der Waals surface area contributed by atoms with E-state index in [4.69, 9.17) is 5.11 Å². The average molecular weight is 263 g/mol. The number of carbonyl (C=O) groups excluding carboxylic acids is 1. The zero-order valence-electron chi connectivity index (χ0n) is 10.3. The molecule has 0 saturated carbocycles. The first-order chi connectivity index (χ1) is 9.08. The van der Waals surface area contributed by atoms with E-state index in [9.17, 15) is 9.59 Å². The fraction of sp³-hybridized carbons (Fsp3) is 0.273. The molecule has 0 atom stereocenters. The maximum Gasteiger partial charge on any atom is 0.356 e. The third kappa shape index (κ3) is 3.18. The summed E-state index contributed by atoms with van der Waals surface area (Å²) in [6, 6.07) is 1.34. The summed E-state index contributed by atoms with van der Waals surface area (Å²) in [5, 5.41) is 19.1. The lowest BCUT2D eigenvalue weighted by Crippen LogP contribution is -2.19. The fourth-order valence-corrected chi connectivity index (χ4v) is 1.51. The molecule has 0 spiro atoms. The number of aryl methyl sites for hydroxylation is 1. The number of carboxylic acid groups (broad SMARTS) is 1. The van der Waals surface area contributed by atoms with Crippen molar-refractivity contribution >= 4 is 17.6 Å². The van der Waals surface area contributed by atoms with Gasteiger partial charge in [-0.15, -0.1) is 0 Å². The summed E-state index contributed by atoms with van der Waals surface area (Å²) in [5.41, 5.74) is 0.504. The minimum Gasteiger partial charge on any atom is -0.476 e. The van der Waals surface area contributed by atoms with E-state index in [1.54, 1.807) is 17.1 Å². The van der Waals surface area contributed by atoms with Crippen LogP contribution in [0.4, 0.5) is 5.69 Å². The summed E-state index contributed by atoms with van der Waals surface area (Å²) >= 11 is 0. The van der Waals surface area contributed by atoms with Crippen LogP contribution in [0.5, 0.6) is 0 Å². The van der Waals surface area contributed by atoms with Crippen LogP contribution in [0, 0.1) is 0 Å². The third-order valence-corrected chi connectivity index (χ3v) is 2.41. The molecule has 0 fully saturated rings. The Morgan fingerprint density at radius 2 is 2.21 bits per heavy atom. The molecule has 100 valence electrons. The van der Waals surface area contributed by atoms with E-state index in [1.807, 2.05) is 6.92 Å². The van der Waals surface area contributed by atoms with E-state index in [2.05, 4.69) is 15.5 Å². The first-order valence-electron chi connectivity index (χ1n) is 5.67. The Labute approximate surface area is 108 Å². The summed E-state index contributed by atoms with van der Waals surface area (Å²) in [5.74, 6) is -1.42. The van der Waals surface area contributed by atoms with Crippen molar-refractivity contribution in [3.8, 4) is 0 Å². The van der Waals surface area contributed by atoms with Crippen molar-refractivity contribution in [1.29, 1.82) is 0 Å². The molecule has 2 heterocycles. The number of amides is 1. The van der Waals surface area contributed by atoms with Crippen molar-refractivity contribution in [2.24, 2.45) is 0 Å². The number of carbonyl (C=O) groups is 2. The monoisotopic (exact) mass is 263 g/mol. The Balaban J connectivity index is 1.95. The first kappa shape index (κ1) is 12.8. The van der Waals surface area contributed by atoms with Gasteiger partial charge in [-0.25, -0.2) is 4.79 Å². The Kier molecular flexibility index (Phi) is 3.60. The molecular formula is C11H13N5O3. The van der Waals surface area contributed by atoms with Gasteiger partial charge in [0.05, 0.1) is 11.9 Å². The van der Waals surface area contributed by atoms with Gasteiger partial charge in [-0.05, 0) is 13.0 Å². The molecule has 2 N–H and O–H groups in total. The number of rotatable bonds is 5. The number of nitrogens with zero attached hydrogens (tertiary/aromatic N) is 4. The van der Waals surface area contributed by atoms with Gasteiger partial charge in [0, 0.05) is 18.9 Å². The second-order valence-corrected chi connectivity index (χ2v) is 3.84. The summed E-state index contributed by atoms with van der Waals surface area (Å²) in [6.45, 7) is 2.61. The van der Waals surface area contributed by atoms with Gasteiger partial charge >= 0.3 is 5.97 Å². The molecule has 2 rings (SSSR count). The molecule has 0 aliphatic heterocycles. The zero-order valence-corrected chi connectivity index (χ0v) is 10.3. The van der Waals surface area contributed by atoms with Crippen molar-refractivity contribution in [1.82, 2.24) is 19.6 Å². The fourth-order valence-electron chi connectivity index (χ4n) is 1.51. The van der Waals surface area contributed by atoms with Crippen molar-refractivity contribution < 1.29 is 14.7 Å². The molecule has 2 aromatic heterocycles. The predicted molar refractivity (Wildman–Crippen MR) is 65.7 cm³/mol. The van der Waals surface area contributed by atoms with Gasteiger partial charge in [-0.2, -0.15) is 10.2 Å². The lowest BCUT2D eigenvalue weighted by atomic mass is 10.4. The number of carboxylic acids is 1. The van der Waals surface area contributed by atoms with Gasteiger partial charge in [0.25, 0.3) is 0 Å². The minimum absolute atomic E-state index is 0.0510. The van der Waals surface area contributed by atoms with Crippen molar-refractivity contribution in [3.63, 3.8) is 0 Å². The van der Waals surface area contributed by atoms with Crippen LogP contribution in [-0.2, 0) is 17.9 Å². The Hall–Kier alpha value is -2.64. The van der Waals surface area contributed by atoms with Gasteiger partial charge in [0.15, 0.2) is 5.69 Å². The van der Waals surface area contributed by atoms with Crippen LogP contribution >= 0.6 is 0 Å². The van der Waals surface area contributed by atoms with Crippen molar-refractivity contribution in [2.45, 2.75) is 20.0 Å². The maximum atomic E-state index is 11.7. The van der Waals surface area contributed by atoms with E-state index < -0.39 is 5.97 Å². The summed E-state index contributed by atoms with van der Waals surface area (Å²) in [4.78, 5) is 22.3. The normalized spacial score (nSPS) is 10.4. The van der Waals surface area contributed by atoms with Gasteiger partial charge in [-0.3, -0.25) is 14.2 Å². The second-order valence-electron chi connectivity index (χ2n) is 3.84. The number of aromatic nitrogens is 4. The molecule has 1 amide bonds. The molecule has 2 aromatic rings. The van der Waals surface area contributed by atoms with E-state index >= 15 is 0 Å². The quantitative estimate of drug-likeness (QED) is 0.814. The van der Waals surface area contributed by atoms with Crippen LogP contribution in [-0.4, -0.2) is 36.5 Å². The predicted octanol–water partition coefficient (Wildman–Crippen LogP) is 0.436. The van der Waals surface area contributed by atoms with E-state index in [0.717, 1.165) is 6.54 Å². The lowest BCUT2D eigenvalue weighted by Gasteiger charge is -2.02. The van der Waals surface area contributed by atoms with E-state index in [-0.39, 0.29) is 18.1 Å². The van der Waals surface area contributed by atoms with Gasteiger partial charge in [0.2, 0.25) is 5.91 Å². The Bertz CT molecular complexity index is 601. The molecular weight excluding hydrogens is 250 g/mol. The molecule has 0 radical (unpaired) electrons. The highest BCUT2D eigenvalue weighted by atomic mass is 16.4. The molecule has 0 aromatic carbocycles. The first-order valence-corrected chi connectivity index (χ1v) is 5.67. The highest BCUT2D eigenvalue weighted by Crippen LogP contribution is 2.05. The summed E-state index contributed by atoms with van der Waals surface area (Å²) in [6.07, 6.45) is 4.70. The second kappa shape index (κ2) is 5.34. The average Bonchev–Trinajstić information content (AvgIpc) is 2.98. The van der Waals surface area contributed by atoms with Crippen molar-refractivity contribution in [2.75, 3.05) is 5.32 Å². The lowest BCUT2D eigenvalue weighted by molar-refractivity contribution is -0.116. The number of nitrogens with one attached hydrogen (secondary N) is 1. The molecule has 0 aliphatic rings. The minimum atomic E-state index is -1.12. The molecule has 19 heavy (non-hydrogen) atoms. The van der Waals surface area contributed by atoms with Gasteiger partial charge in [-0.1, -0.05) is 0 Å². The summed E-state index contributed by atoms with van der Waals surface area (Å²) in [7, 11) is 0. The summed E-state index contributed by atoms with van der Waals surface area (Å²) < 4.78 is 2.95. The smallest absolute Gasteiger partial charge is 0.356 e. The van der Waals surface area contributed by atoms with E-state index in [1.165, 1.54) is 16.9 Å². The van der Waals surface area contributed by atoms with Gasteiger partial charge < -0.3 is 10.4 Å². The van der Waals surface area contributed by atoms with Crippen LogP contribution < -0.4 is 5.32 Å². The SMILES string of the molecule is CCn1cc(NC(=O)Cn2ccc(C(=O)O)n2)cn1. The Morgan fingerprint density at radius 3 is 2.79 bits per heavy atom. The van der Waals surface area contributed by atoms with E-state index in [0.29, 0.717) is 5.69 Å². The largest absolute Gasteiger partial charge is 0.476 e. The van der Waals surface area contributed by atoms with Crippen LogP contribution in [0.3, 0.4) is 0 Å². The molecule has 8 heteroatoms. The maximum absolute atomic E-state index is 11.7. The van der Waals surface area contributed by atoms with Crippen molar-refractivity contribution in [3.05, 3.63) is 30.4 Å². The molecule has 0 bridgehead atoms. The topological polar surface area (TPSA) is 102 Å². The van der Waals surface area contributed by atoms with Crippen LogP contribution in [0.15, 0.2) is 24.7 Å². The standard InChI is InChI=1S/C11H13N5O3/c1-2-15-6-8(5-12-15)13-10(17)7-16-4-3-9(14-16)11(18)19/h3-6H,2,7H2,1H3,(H,13,17)(H,18,19). The Morgan fingerprint density at radius 1 is 1.42 bits per heavy atom. The zero-order chi connectivity index (χ0) is 13.8. The number of anilines is 1. The molecule has 0 unspecified atom stereocenters. The van der Waals surface area contributed by atoms with Crippen LogP contribution in [0.2, 0.25) is 0 Å². The van der Waals surface area contributed by atoms with Gasteiger partial charge in [0.1, 0.15) is 6.54 Å². The number of hydrogen-bond acceptors (Lipinski definition) is 4.